The van der Waals surface area contributed by atoms with Gasteiger partial charge in [0, 0.05) is 15.7 Å². The largest absolute Gasteiger partial charge is 0.398 e. The number of aromatic nitrogens is 4. The first-order valence-electron chi connectivity index (χ1n) is 6.48. The van der Waals surface area contributed by atoms with Crippen LogP contribution >= 0.6 is 15.9 Å². The van der Waals surface area contributed by atoms with Crippen LogP contribution in [0.2, 0.25) is 0 Å². The molecule has 1 heterocycles. The number of nitrogen functional groups attached to an aromatic ring is 1. The molecule has 1 aromatic heterocycles. The van der Waals surface area contributed by atoms with Crippen molar-refractivity contribution >= 4 is 21.6 Å². The van der Waals surface area contributed by atoms with E-state index >= 15 is 0 Å². The third-order valence-electron chi connectivity index (χ3n) is 3.39. The summed E-state index contributed by atoms with van der Waals surface area (Å²) < 4.78 is 2.74. The first kappa shape index (κ1) is 13.8. The number of benzene rings is 2. The molecule has 106 valence electrons. The Hall–Kier alpha value is -2.21. The highest BCUT2D eigenvalue weighted by Gasteiger charge is 2.16. The Morgan fingerprint density at radius 1 is 1.10 bits per heavy atom. The van der Waals surface area contributed by atoms with Gasteiger partial charge in [-0.2, -0.15) is 4.68 Å². The van der Waals surface area contributed by atoms with E-state index in [1.165, 1.54) is 0 Å². The highest BCUT2D eigenvalue weighted by molar-refractivity contribution is 9.10. The van der Waals surface area contributed by atoms with E-state index in [0.717, 1.165) is 26.9 Å². The molecule has 0 aliphatic carbocycles. The molecule has 0 amide bonds. The molecule has 0 aliphatic rings. The Morgan fingerprint density at radius 2 is 1.90 bits per heavy atom. The van der Waals surface area contributed by atoms with Gasteiger partial charge in [-0.25, -0.2) is 0 Å². The average Bonchev–Trinajstić information content (AvgIpc) is 2.87. The molecule has 0 radical (unpaired) electrons. The van der Waals surface area contributed by atoms with Crippen molar-refractivity contribution in [3.05, 3.63) is 52.0 Å². The van der Waals surface area contributed by atoms with E-state index in [1.54, 1.807) is 4.68 Å². The van der Waals surface area contributed by atoms with E-state index in [-0.39, 0.29) is 0 Å². The van der Waals surface area contributed by atoms with Gasteiger partial charge in [-0.05, 0) is 59.7 Å². The van der Waals surface area contributed by atoms with Gasteiger partial charge < -0.3 is 5.73 Å². The summed E-state index contributed by atoms with van der Waals surface area (Å²) in [6.45, 7) is 4.02. The second-order valence-electron chi connectivity index (χ2n) is 4.88. The number of nitrogens with two attached hydrogens (primary N) is 1. The molecular weight excluding hydrogens is 330 g/mol. The van der Waals surface area contributed by atoms with E-state index in [1.807, 2.05) is 50.2 Å². The van der Waals surface area contributed by atoms with Crippen LogP contribution in [0.1, 0.15) is 11.1 Å². The van der Waals surface area contributed by atoms with E-state index in [2.05, 4.69) is 31.5 Å². The third-order valence-corrected chi connectivity index (χ3v) is 3.88. The summed E-state index contributed by atoms with van der Waals surface area (Å²) in [7, 11) is 0. The van der Waals surface area contributed by atoms with Crippen molar-refractivity contribution in [3.63, 3.8) is 0 Å². The van der Waals surface area contributed by atoms with Gasteiger partial charge in [-0.1, -0.05) is 28.1 Å². The van der Waals surface area contributed by atoms with Crippen LogP contribution in [-0.2, 0) is 0 Å². The van der Waals surface area contributed by atoms with Crippen LogP contribution in [0.5, 0.6) is 0 Å². The summed E-state index contributed by atoms with van der Waals surface area (Å²) in [5.41, 5.74) is 10.7. The maximum atomic E-state index is 6.11. The zero-order valence-corrected chi connectivity index (χ0v) is 13.3. The van der Waals surface area contributed by atoms with Gasteiger partial charge in [-0.3, -0.25) is 0 Å². The Labute approximate surface area is 130 Å². The van der Waals surface area contributed by atoms with Crippen LogP contribution in [0.3, 0.4) is 0 Å². The van der Waals surface area contributed by atoms with Crippen LogP contribution in [-0.4, -0.2) is 20.2 Å². The highest BCUT2D eigenvalue weighted by Crippen LogP contribution is 2.29. The fourth-order valence-corrected chi connectivity index (χ4v) is 2.83. The summed E-state index contributed by atoms with van der Waals surface area (Å²) in [5.74, 6) is 0.649. The smallest absolute Gasteiger partial charge is 0.189 e. The maximum absolute atomic E-state index is 6.11. The number of hydrogen-bond donors (Lipinski definition) is 1. The Balaban J connectivity index is 2.22. The van der Waals surface area contributed by atoms with Crippen molar-refractivity contribution in [2.45, 2.75) is 13.8 Å². The molecule has 0 unspecified atom stereocenters. The standard InChI is InChI=1S/C15H14BrN5/c1-9-4-3-5-12(17)14(9)15-18-19-20-21(15)13-7-6-11(16)8-10(13)2/h3-8H,17H2,1-2H3. The van der Waals surface area contributed by atoms with Crippen molar-refractivity contribution in [3.8, 4) is 17.1 Å². The number of tetrazole rings is 1. The summed E-state index contributed by atoms with van der Waals surface area (Å²) in [5, 5.41) is 12.1. The van der Waals surface area contributed by atoms with Gasteiger partial charge in [0.05, 0.1) is 5.69 Å². The molecule has 0 atom stereocenters. The lowest BCUT2D eigenvalue weighted by Gasteiger charge is -2.11. The fourth-order valence-electron chi connectivity index (χ4n) is 2.36. The molecule has 2 aromatic carbocycles. The van der Waals surface area contributed by atoms with Gasteiger partial charge in [0.1, 0.15) is 0 Å². The zero-order chi connectivity index (χ0) is 15.0. The number of rotatable bonds is 2. The quantitative estimate of drug-likeness (QED) is 0.725. The predicted molar refractivity (Wildman–Crippen MR) is 86.2 cm³/mol. The molecular formula is C15H14BrN5. The Morgan fingerprint density at radius 3 is 2.62 bits per heavy atom. The maximum Gasteiger partial charge on any atom is 0.189 e. The van der Waals surface area contributed by atoms with Crippen LogP contribution in [0.15, 0.2) is 40.9 Å². The number of aryl methyl sites for hydroxylation is 2. The van der Waals surface area contributed by atoms with E-state index in [9.17, 15) is 0 Å². The van der Waals surface area contributed by atoms with Crippen molar-refractivity contribution < 1.29 is 0 Å². The molecule has 2 N–H and O–H groups in total. The molecule has 0 bridgehead atoms. The second-order valence-corrected chi connectivity index (χ2v) is 5.80. The molecule has 5 nitrogen and oxygen atoms in total. The topological polar surface area (TPSA) is 69.6 Å². The van der Waals surface area contributed by atoms with Crippen molar-refractivity contribution in [1.29, 1.82) is 0 Å². The lowest BCUT2D eigenvalue weighted by atomic mass is 10.1. The van der Waals surface area contributed by atoms with Gasteiger partial charge >= 0.3 is 0 Å². The molecule has 3 aromatic rings. The summed E-state index contributed by atoms with van der Waals surface area (Å²) in [4.78, 5) is 0. The van der Waals surface area contributed by atoms with Gasteiger partial charge in [0.25, 0.3) is 0 Å². The highest BCUT2D eigenvalue weighted by atomic mass is 79.9. The third kappa shape index (κ3) is 2.42. The minimum Gasteiger partial charge on any atom is -0.398 e. The molecule has 0 aliphatic heterocycles. The second kappa shape index (κ2) is 5.29. The first-order chi connectivity index (χ1) is 10.1. The molecule has 21 heavy (non-hydrogen) atoms. The number of hydrogen-bond acceptors (Lipinski definition) is 4. The van der Waals surface area contributed by atoms with E-state index in [0.29, 0.717) is 11.5 Å². The zero-order valence-electron chi connectivity index (χ0n) is 11.7. The lowest BCUT2D eigenvalue weighted by Crippen LogP contribution is -2.04. The molecule has 0 saturated carbocycles. The van der Waals surface area contributed by atoms with Crippen LogP contribution in [0.4, 0.5) is 5.69 Å². The SMILES string of the molecule is Cc1cc(Br)ccc1-n1nnnc1-c1c(C)cccc1N. The lowest BCUT2D eigenvalue weighted by molar-refractivity contribution is 0.787. The van der Waals surface area contributed by atoms with Gasteiger partial charge in [0.2, 0.25) is 0 Å². The molecule has 6 heteroatoms. The first-order valence-corrected chi connectivity index (χ1v) is 7.27. The molecule has 3 rings (SSSR count). The summed E-state index contributed by atoms with van der Waals surface area (Å²) >= 11 is 3.47. The van der Waals surface area contributed by atoms with Gasteiger partial charge in [0.15, 0.2) is 5.82 Å². The number of anilines is 1. The van der Waals surface area contributed by atoms with Crippen LogP contribution < -0.4 is 5.73 Å². The minimum atomic E-state index is 0.649. The molecule has 0 fully saturated rings. The summed E-state index contributed by atoms with van der Waals surface area (Å²) in [6.07, 6.45) is 0. The Kier molecular flexibility index (Phi) is 3.47. The molecule has 0 saturated heterocycles. The van der Waals surface area contributed by atoms with E-state index in [4.69, 9.17) is 5.73 Å². The van der Waals surface area contributed by atoms with Crippen molar-refractivity contribution in [2.24, 2.45) is 0 Å². The van der Waals surface area contributed by atoms with Crippen LogP contribution in [0, 0.1) is 13.8 Å². The van der Waals surface area contributed by atoms with Gasteiger partial charge in [-0.15, -0.1) is 5.10 Å². The fraction of sp³-hybridized carbons (Fsp3) is 0.133. The Bertz CT molecular complexity index is 789. The van der Waals surface area contributed by atoms with Crippen molar-refractivity contribution in [1.82, 2.24) is 20.2 Å². The average molecular weight is 344 g/mol. The molecule has 0 spiro atoms. The summed E-state index contributed by atoms with van der Waals surface area (Å²) in [6, 6.07) is 11.8. The monoisotopic (exact) mass is 343 g/mol. The normalized spacial score (nSPS) is 10.8. The van der Waals surface area contributed by atoms with E-state index < -0.39 is 0 Å². The van der Waals surface area contributed by atoms with Crippen LogP contribution in [0.25, 0.3) is 17.1 Å². The minimum absolute atomic E-state index is 0.649. The number of nitrogens with zero attached hydrogens (tertiary/aromatic N) is 4. The van der Waals surface area contributed by atoms with Crippen molar-refractivity contribution in [2.75, 3.05) is 5.73 Å². The predicted octanol–water partition coefficient (Wildman–Crippen LogP) is 3.29. The number of halogens is 1.